The number of methoxy groups -OCH3 is 1. The fourth-order valence-corrected chi connectivity index (χ4v) is 3.02. The zero-order chi connectivity index (χ0) is 14.9. The third kappa shape index (κ3) is 2.69. The summed E-state index contributed by atoms with van der Waals surface area (Å²) in [5.41, 5.74) is 0.555. The highest BCUT2D eigenvalue weighted by Gasteiger charge is 2.35. The number of hydrogen-bond acceptors (Lipinski definition) is 5. The van der Waals surface area contributed by atoms with Gasteiger partial charge in [-0.1, -0.05) is 6.92 Å². The molecule has 0 N–H and O–H groups in total. The minimum absolute atomic E-state index is 0.00674. The topological polar surface area (TPSA) is 79.4 Å². The zero-order valence-corrected chi connectivity index (χ0v) is 12.3. The molecule has 1 fully saturated rings. The van der Waals surface area contributed by atoms with E-state index in [9.17, 15) is 10.1 Å². The highest BCUT2D eigenvalue weighted by atomic mass is 16.6. The van der Waals surface area contributed by atoms with E-state index in [1.807, 2.05) is 6.92 Å². The zero-order valence-electron chi connectivity index (χ0n) is 12.3. The van der Waals surface area contributed by atoms with Crippen molar-refractivity contribution in [3.8, 4) is 0 Å². The van der Waals surface area contributed by atoms with Crippen LogP contribution in [0.5, 0.6) is 0 Å². The van der Waals surface area contributed by atoms with Gasteiger partial charge in [0.1, 0.15) is 18.0 Å². The van der Waals surface area contributed by atoms with Crippen LogP contribution in [0.4, 0.5) is 5.69 Å². The van der Waals surface area contributed by atoms with E-state index in [1.165, 1.54) is 10.9 Å². The van der Waals surface area contributed by atoms with Crippen molar-refractivity contribution in [2.24, 2.45) is 13.0 Å². The Hall–Kier alpha value is -1.47. The first kappa shape index (κ1) is 14.9. The Kier molecular flexibility index (Phi) is 4.39. The van der Waals surface area contributed by atoms with Crippen LogP contribution in [0.1, 0.15) is 38.5 Å². The highest BCUT2D eigenvalue weighted by molar-refractivity contribution is 5.34. The Bertz CT molecular complexity index is 488. The molecule has 0 amide bonds. The molecule has 0 aromatic carbocycles. The van der Waals surface area contributed by atoms with Gasteiger partial charge < -0.3 is 9.47 Å². The van der Waals surface area contributed by atoms with Gasteiger partial charge in [-0.3, -0.25) is 14.8 Å². The molecule has 0 unspecified atom stereocenters. The Morgan fingerprint density at radius 3 is 2.80 bits per heavy atom. The van der Waals surface area contributed by atoms with Crippen molar-refractivity contribution in [1.82, 2.24) is 9.78 Å². The molecule has 4 atom stereocenters. The molecule has 0 aliphatic carbocycles. The molecule has 7 heteroatoms. The fraction of sp³-hybridized carbons (Fsp3) is 0.769. The summed E-state index contributed by atoms with van der Waals surface area (Å²) in [5.74, 6) is 0.354. The number of nitrogens with zero attached hydrogens (tertiary/aromatic N) is 3. The Morgan fingerprint density at radius 2 is 2.20 bits per heavy atom. The molecule has 1 saturated heterocycles. The van der Waals surface area contributed by atoms with Crippen LogP contribution in [0.2, 0.25) is 0 Å². The van der Waals surface area contributed by atoms with E-state index in [0.717, 1.165) is 12.8 Å². The van der Waals surface area contributed by atoms with E-state index in [1.54, 1.807) is 14.2 Å². The monoisotopic (exact) mass is 283 g/mol. The molecule has 112 valence electrons. The molecule has 0 bridgehead atoms. The average molecular weight is 283 g/mol. The summed E-state index contributed by atoms with van der Waals surface area (Å²) in [7, 11) is 3.38. The minimum atomic E-state index is -0.404. The Labute approximate surface area is 118 Å². The van der Waals surface area contributed by atoms with Crippen LogP contribution in [0, 0.1) is 16.0 Å². The van der Waals surface area contributed by atoms with Gasteiger partial charge in [0.15, 0.2) is 0 Å². The summed E-state index contributed by atoms with van der Waals surface area (Å²) in [6, 6.07) is 0. The minimum Gasteiger partial charge on any atom is -0.378 e. The lowest BCUT2D eigenvalue weighted by molar-refractivity contribution is -0.386. The lowest BCUT2D eigenvalue weighted by Gasteiger charge is -2.26. The number of rotatable bonds is 3. The summed E-state index contributed by atoms with van der Waals surface area (Å²) in [6.07, 6.45) is 2.48. The average Bonchev–Trinajstić information content (AvgIpc) is 2.70. The molecule has 0 saturated carbocycles. The van der Waals surface area contributed by atoms with Gasteiger partial charge in [-0.05, 0) is 25.7 Å². The molecule has 2 heterocycles. The largest absolute Gasteiger partial charge is 0.378 e. The van der Waals surface area contributed by atoms with Gasteiger partial charge in [-0.15, -0.1) is 0 Å². The van der Waals surface area contributed by atoms with Crippen LogP contribution in [-0.2, 0) is 16.5 Å². The number of nitro groups is 1. The van der Waals surface area contributed by atoms with E-state index in [4.69, 9.17) is 9.47 Å². The van der Waals surface area contributed by atoms with Gasteiger partial charge in [0.2, 0.25) is 0 Å². The van der Waals surface area contributed by atoms with Gasteiger partial charge in [0.25, 0.3) is 0 Å². The number of aryl methyl sites for hydroxylation is 1. The molecular formula is C13H21N3O4. The second-order valence-corrected chi connectivity index (χ2v) is 5.38. The maximum Gasteiger partial charge on any atom is 0.312 e. The van der Waals surface area contributed by atoms with Gasteiger partial charge in [0.05, 0.1) is 17.1 Å². The van der Waals surface area contributed by atoms with Gasteiger partial charge in [0, 0.05) is 14.2 Å². The lowest BCUT2D eigenvalue weighted by Crippen LogP contribution is -2.32. The first-order valence-electron chi connectivity index (χ1n) is 6.80. The first-order chi connectivity index (χ1) is 9.45. The van der Waals surface area contributed by atoms with E-state index >= 15 is 0 Å². The maximum absolute atomic E-state index is 11.1. The quantitative estimate of drug-likeness (QED) is 0.627. The smallest absolute Gasteiger partial charge is 0.312 e. The van der Waals surface area contributed by atoms with Crippen molar-refractivity contribution < 1.29 is 14.4 Å². The molecule has 1 aromatic heterocycles. The van der Waals surface area contributed by atoms with Crippen molar-refractivity contribution in [1.29, 1.82) is 0 Å². The van der Waals surface area contributed by atoms with Crippen LogP contribution in [0.25, 0.3) is 0 Å². The third-order valence-electron chi connectivity index (χ3n) is 4.02. The van der Waals surface area contributed by atoms with E-state index in [2.05, 4.69) is 12.0 Å². The lowest BCUT2D eigenvalue weighted by atomic mass is 9.95. The van der Waals surface area contributed by atoms with Gasteiger partial charge in [-0.2, -0.15) is 5.10 Å². The molecule has 2 rings (SSSR count). The summed E-state index contributed by atoms with van der Waals surface area (Å²) in [4.78, 5) is 10.7. The molecule has 7 nitrogen and oxygen atoms in total. The van der Waals surface area contributed by atoms with Crippen molar-refractivity contribution in [2.45, 2.75) is 45.0 Å². The van der Waals surface area contributed by atoms with Crippen molar-refractivity contribution >= 4 is 5.69 Å². The van der Waals surface area contributed by atoms with Crippen LogP contribution < -0.4 is 0 Å². The summed E-state index contributed by atoms with van der Waals surface area (Å²) in [5, 5.41) is 15.1. The standard InChI is InChI=1S/C13H21N3O4/c1-8-5-6-11(20-9(2)13(8)19-4)12-10(16(17)18)7-14-15(12)3/h7-9,11,13H,5-6H2,1-4H3/t8-,9-,11+,13+/m1/s1. The Morgan fingerprint density at radius 1 is 1.50 bits per heavy atom. The van der Waals surface area contributed by atoms with Crippen LogP contribution in [0.3, 0.4) is 0 Å². The van der Waals surface area contributed by atoms with Crippen molar-refractivity contribution in [2.75, 3.05) is 7.11 Å². The second-order valence-electron chi connectivity index (χ2n) is 5.38. The van der Waals surface area contributed by atoms with E-state index in [-0.39, 0.29) is 24.0 Å². The third-order valence-corrected chi connectivity index (χ3v) is 4.02. The van der Waals surface area contributed by atoms with Crippen molar-refractivity contribution in [3.63, 3.8) is 0 Å². The highest BCUT2D eigenvalue weighted by Crippen LogP contribution is 2.37. The predicted molar refractivity (Wildman–Crippen MR) is 72.3 cm³/mol. The summed E-state index contributed by atoms with van der Waals surface area (Å²) >= 11 is 0. The van der Waals surface area contributed by atoms with E-state index in [0.29, 0.717) is 11.6 Å². The first-order valence-corrected chi connectivity index (χ1v) is 6.80. The predicted octanol–water partition coefficient (Wildman–Crippen LogP) is 2.22. The van der Waals surface area contributed by atoms with Crippen LogP contribution in [-0.4, -0.2) is 34.0 Å². The Balaban J connectivity index is 2.30. The SMILES string of the molecule is CO[C@H]1[C@H](C)CC[C@@H](c2c([N+](=O)[O-])cnn2C)O[C@@H]1C. The molecule has 1 aromatic rings. The van der Waals surface area contributed by atoms with Crippen molar-refractivity contribution in [3.05, 3.63) is 22.0 Å². The molecule has 1 aliphatic rings. The van der Waals surface area contributed by atoms with Crippen LogP contribution >= 0.6 is 0 Å². The maximum atomic E-state index is 11.1. The molecular weight excluding hydrogens is 262 g/mol. The fourth-order valence-electron chi connectivity index (χ4n) is 3.02. The molecule has 1 aliphatic heterocycles. The number of hydrogen-bond donors (Lipinski definition) is 0. The molecule has 0 radical (unpaired) electrons. The summed E-state index contributed by atoms with van der Waals surface area (Å²) in [6.45, 7) is 4.07. The second kappa shape index (κ2) is 5.88. The number of aromatic nitrogens is 2. The van der Waals surface area contributed by atoms with E-state index < -0.39 is 4.92 Å². The number of ether oxygens (including phenoxy) is 2. The molecule has 0 spiro atoms. The molecule has 20 heavy (non-hydrogen) atoms. The van der Waals surface area contributed by atoms with Gasteiger partial charge in [-0.25, -0.2) is 0 Å². The van der Waals surface area contributed by atoms with Gasteiger partial charge >= 0.3 is 5.69 Å². The normalized spacial score (nSPS) is 31.0. The van der Waals surface area contributed by atoms with Crippen LogP contribution in [0.15, 0.2) is 6.20 Å². The summed E-state index contributed by atoms with van der Waals surface area (Å²) < 4.78 is 13.0.